The van der Waals surface area contributed by atoms with Crippen LogP contribution >= 0.6 is 0 Å². The van der Waals surface area contributed by atoms with Gasteiger partial charge < -0.3 is 24.8 Å². The van der Waals surface area contributed by atoms with Crippen LogP contribution in [0.1, 0.15) is 11.1 Å². The van der Waals surface area contributed by atoms with Gasteiger partial charge in [-0.2, -0.15) is 0 Å². The summed E-state index contributed by atoms with van der Waals surface area (Å²) in [5.74, 6) is 0. The minimum Gasteiger partial charge on any atom is -1.00 e. The second kappa shape index (κ2) is 7.06. The molecule has 4 nitrogen and oxygen atoms in total. The van der Waals surface area contributed by atoms with Crippen molar-refractivity contribution in [3.63, 3.8) is 0 Å². The summed E-state index contributed by atoms with van der Waals surface area (Å²) in [4.78, 5) is 0. The summed E-state index contributed by atoms with van der Waals surface area (Å²) in [6, 6.07) is 12.7. The standard InChI is InChI=1S/2C8H7N2.2ClH.Ti/c2*1-6-3-2-4-7-5-9-10-8(6)7;;;/h2*2-4H,1H3,(H,9,10);2*1H;/q;;;;+2/p-2. The Morgan fingerprint density at radius 1 is 0.739 bits per heavy atom. The second-order valence-corrected chi connectivity index (χ2v) is 7.13. The predicted octanol–water partition coefficient (Wildman–Crippen LogP) is -3.90. The molecule has 0 aliphatic rings. The minimum atomic E-state index is -0.566. The molecule has 0 amide bonds. The minimum absolute atomic E-state index is 0. The van der Waals surface area contributed by atoms with Crippen LogP contribution in [0.3, 0.4) is 0 Å². The first-order valence-corrected chi connectivity index (χ1v) is 8.44. The number of nitrogens with one attached hydrogen (secondary N) is 2. The Morgan fingerprint density at radius 3 is 1.61 bits per heavy atom. The van der Waals surface area contributed by atoms with Crippen LogP contribution < -0.4 is 32.8 Å². The molecule has 0 bridgehead atoms. The van der Waals surface area contributed by atoms with Gasteiger partial charge >= 0.3 is 131 Å². The SMILES string of the molecule is Cc1cccc2[c]([Ti+2][c]3n[nH]c4c(C)cccc34)n[nH]c12.[Cl-].[Cl-]. The number of H-pyrrole nitrogens is 2. The average Bonchev–Trinajstić information content (AvgIpc) is 3.07. The molecule has 0 spiro atoms. The van der Waals surface area contributed by atoms with E-state index in [2.05, 4.69) is 70.6 Å². The Hall–Kier alpha value is -1.33. The molecule has 0 aliphatic carbocycles. The zero-order valence-electron chi connectivity index (χ0n) is 12.6. The van der Waals surface area contributed by atoms with Crippen molar-refractivity contribution in [2.75, 3.05) is 0 Å². The van der Waals surface area contributed by atoms with Gasteiger partial charge in [0, 0.05) is 0 Å². The molecule has 2 heterocycles. The van der Waals surface area contributed by atoms with Crippen molar-refractivity contribution >= 4 is 29.8 Å². The molecule has 0 saturated heterocycles. The number of halogens is 2. The molecule has 2 aromatic carbocycles. The van der Waals surface area contributed by atoms with E-state index in [1.807, 2.05) is 0 Å². The first-order valence-electron chi connectivity index (χ1n) is 6.88. The van der Waals surface area contributed by atoms with Crippen molar-refractivity contribution in [1.82, 2.24) is 20.4 Å². The molecular formula is C16H14Cl2N4Ti. The molecular weight excluding hydrogens is 367 g/mol. The summed E-state index contributed by atoms with van der Waals surface area (Å²) >= 11 is -0.566. The maximum absolute atomic E-state index is 4.54. The molecule has 0 radical (unpaired) electrons. The van der Waals surface area contributed by atoms with Crippen LogP contribution in [0, 0.1) is 13.8 Å². The van der Waals surface area contributed by atoms with Gasteiger partial charge in [0.05, 0.1) is 0 Å². The zero-order valence-corrected chi connectivity index (χ0v) is 15.7. The van der Waals surface area contributed by atoms with E-state index in [0.717, 1.165) is 11.0 Å². The van der Waals surface area contributed by atoms with Gasteiger partial charge in [-0.05, 0) is 0 Å². The van der Waals surface area contributed by atoms with Crippen molar-refractivity contribution in [3.05, 3.63) is 47.5 Å². The van der Waals surface area contributed by atoms with Crippen LogP contribution in [-0.2, 0) is 19.2 Å². The Labute approximate surface area is 155 Å². The molecule has 2 N–H and O–H groups in total. The van der Waals surface area contributed by atoms with Crippen LogP contribution in [0.5, 0.6) is 0 Å². The van der Waals surface area contributed by atoms with Gasteiger partial charge in [-0.3, -0.25) is 0 Å². The van der Waals surface area contributed by atoms with Crippen molar-refractivity contribution < 1.29 is 44.0 Å². The van der Waals surface area contributed by atoms with Crippen molar-refractivity contribution in [3.8, 4) is 0 Å². The third-order valence-corrected chi connectivity index (χ3v) is 5.78. The Bertz CT molecular complexity index is 883. The fourth-order valence-electron chi connectivity index (χ4n) is 2.67. The summed E-state index contributed by atoms with van der Waals surface area (Å²) in [5.41, 5.74) is 4.76. The van der Waals surface area contributed by atoms with Crippen molar-refractivity contribution in [1.29, 1.82) is 0 Å². The maximum Gasteiger partial charge on any atom is -1.00 e. The summed E-state index contributed by atoms with van der Waals surface area (Å²) in [6.07, 6.45) is 0. The molecule has 0 aliphatic heterocycles. The third-order valence-electron chi connectivity index (χ3n) is 3.85. The summed E-state index contributed by atoms with van der Waals surface area (Å²) in [7, 11) is 0. The fourth-order valence-corrected chi connectivity index (χ4v) is 4.44. The summed E-state index contributed by atoms with van der Waals surface area (Å²) in [5, 5.41) is 17.9. The van der Waals surface area contributed by atoms with E-state index in [0.29, 0.717) is 0 Å². The van der Waals surface area contributed by atoms with Crippen LogP contribution in [0.15, 0.2) is 36.4 Å². The number of aromatic nitrogens is 4. The zero-order chi connectivity index (χ0) is 14.4. The van der Waals surface area contributed by atoms with Gasteiger partial charge in [0.2, 0.25) is 0 Å². The monoisotopic (exact) mass is 380 g/mol. The first-order chi connectivity index (χ1) is 10.2. The molecule has 116 valence electrons. The van der Waals surface area contributed by atoms with Crippen LogP contribution in [0.25, 0.3) is 21.8 Å². The maximum atomic E-state index is 4.54. The molecule has 0 atom stereocenters. The molecule has 23 heavy (non-hydrogen) atoms. The number of nitrogens with zero attached hydrogens (tertiary/aromatic N) is 2. The molecule has 0 saturated carbocycles. The Morgan fingerprint density at radius 2 is 1.17 bits per heavy atom. The third kappa shape index (κ3) is 3.04. The molecule has 4 aromatic rings. The summed E-state index contributed by atoms with van der Waals surface area (Å²) < 4.78 is 2.34. The van der Waals surface area contributed by atoms with E-state index < -0.39 is 19.2 Å². The van der Waals surface area contributed by atoms with Gasteiger partial charge in [0.1, 0.15) is 0 Å². The van der Waals surface area contributed by atoms with E-state index in [9.17, 15) is 0 Å². The van der Waals surface area contributed by atoms with E-state index in [-0.39, 0.29) is 24.8 Å². The van der Waals surface area contributed by atoms with E-state index in [4.69, 9.17) is 0 Å². The van der Waals surface area contributed by atoms with Crippen molar-refractivity contribution in [2.45, 2.75) is 13.8 Å². The number of hydrogen-bond acceptors (Lipinski definition) is 2. The Balaban J connectivity index is 0.000000960. The molecule has 0 fully saturated rings. The van der Waals surface area contributed by atoms with Crippen LogP contribution in [-0.4, -0.2) is 20.4 Å². The molecule has 7 heteroatoms. The average molecular weight is 381 g/mol. The number of aryl methyl sites for hydroxylation is 2. The van der Waals surface area contributed by atoms with E-state index >= 15 is 0 Å². The van der Waals surface area contributed by atoms with Crippen LogP contribution in [0.2, 0.25) is 0 Å². The molecule has 4 rings (SSSR count). The normalized spacial score (nSPS) is 10.2. The van der Waals surface area contributed by atoms with Crippen LogP contribution in [0.4, 0.5) is 0 Å². The second-order valence-electron chi connectivity index (χ2n) is 5.26. The topological polar surface area (TPSA) is 57.4 Å². The predicted molar refractivity (Wildman–Crippen MR) is 80.9 cm³/mol. The first kappa shape index (κ1) is 18.0. The smallest absolute Gasteiger partial charge is 1.00 e. The Kier molecular flexibility index (Phi) is 5.53. The number of aromatic amines is 2. The van der Waals surface area contributed by atoms with Gasteiger partial charge in [0.25, 0.3) is 0 Å². The van der Waals surface area contributed by atoms with E-state index in [1.54, 1.807) is 0 Å². The molecule has 0 unspecified atom stereocenters. The van der Waals surface area contributed by atoms with Gasteiger partial charge in [-0.25, -0.2) is 0 Å². The number of rotatable bonds is 2. The fraction of sp³-hybridized carbons (Fsp3) is 0.125. The van der Waals surface area contributed by atoms with Gasteiger partial charge in [-0.1, -0.05) is 0 Å². The van der Waals surface area contributed by atoms with Gasteiger partial charge in [0.15, 0.2) is 0 Å². The summed E-state index contributed by atoms with van der Waals surface area (Å²) in [6.45, 7) is 4.22. The quantitative estimate of drug-likeness (QED) is 0.349. The number of hydrogen-bond donors (Lipinski definition) is 2. The number of benzene rings is 2. The van der Waals surface area contributed by atoms with E-state index in [1.165, 1.54) is 29.9 Å². The van der Waals surface area contributed by atoms with Gasteiger partial charge in [-0.15, -0.1) is 0 Å². The largest absolute Gasteiger partial charge is 1.00 e. The van der Waals surface area contributed by atoms with Crippen molar-refractivity contribution in [2.24, 2.45) is 0 Å². The number of fused-ring (bicyclic) bond motifs is 2. The number of para-hydroxylation sites is 2. The molecule has 2 aromatic heterocycles.